The monoisotopic (exact) mass is 322 g/mol. The summed E-state index contributed by atoms with van der Waals surface area (Å²) in [5.41, 5.74) is 0.819. The zero-order valence-electron chi connectivity index (χ0n) is 11.0. The van der Waals surface area contributed by atoms with E-state index in [-0.39, 0.29) is 16.3 Å². The number of aryl methyl sites for hydroxylation is 1. The molecule has 0 atom stereocenters. The second-order valence-corrected chi connectivity index (χ2v) is 6.48. The summed E-state index contributed by atoms with van der Waals surface area (Å²) >= 11 is 5.85. The summed E-state index contributed by atoms with van der Waals surface area (Å²) in [7, 11) is -3.87. The predicted molar refractivity (Wildman–Crippen MR) is 79.8 cm³/mol. The van der Waals surface area contributed by atoms with E-state index in [1.807, 2.05) is 6.07 Å². The quantitative estimate of drug-likeness (QED) is 0.850. The van der Waals surface area contributed by atoms with Gasteiger partial charge in [-0.1, -0.05) is 11.6 Å². The Kier molecular flexibility index (Phi) is 4.07. The Morgan fingerprint density at radius 2 is 1.86 bits per heavy atom. The van der Waals surface area contributed by atoms with Crippen molar-refractivity contribution in [3.05, 3.63) is 52.5 Å². The number of anilines is 1. The standard InChI is InChI=1S/C14H11ClN2O3S/c1-9-6-11(15)7-13(14(9)18)17-21(19,20)12-4-2-10(8-16)3-5-12/h2-7,17-18H,1H3. The van der Waals surface area contributed by atoms with Crippen LogP contribution >= 0.6 is 11.6 Å². The molecule has 5 nitrogen and oxygen atoms in total. The number of nitriles is 1. The van der Waals surface area contributed by atoms with Gasteiger partial charge in [0.25, 0.3) is 10.0 Å². The molecule has 2 N–H and O–H groups in total. The van der Waals surface area contributed by atoms with Crippen LogP contribution in [0.2, 0.25) is 5.02 Å². The Bertz CT molecular complexity index is 825. The van der Waals surface area contributed by atoms with Crippen LogP contribution in [-0.2, 0) is 10.0 Å². The van der Waals surface area contributed by atoms with Crippen LogP contribution in [0, 0.1) is 18.3 Å². The molecule has 0 fully saturated rings. The SMILES string of the molecule is Cc1cc(Cl)cc(NS(=O)(=O)c2ccc(C#N)cc2)c1O. The lowest BCUT2D eigenvalue weighted by Gasteiger charge is -2.11. The largest absolute Gasteiger partial charge is 0.505 e. The number of benzene rings is 2. The molecule has 0 bridgehead atoms. The number of hydrogen-bond acceptors (Lipinski definition) is 4. The van der Waals surface area contributed by atoms with Crippen LogP contribution in [0.25, 0.3) is 0 Å². The molecule has 0 unspecified atom stereocenters. The number of rotatable bonds is 3. The summed E-state index contributed by atoms with van der Waals surface area (Å²) < 4.78 is 26.7. The van der Waals surface area contributed by atoms with Crippen molar-refractivity contribution in [2.75, 3.05) is 4.72 Å². The van der Waals surface area contributed by atoms with Crippen molar-refractivity contribution >= 4 is 27.3 Å². The molecular weight excluding hydrogens is 312 g/mol. The third-order valence-electron chi connectivity index (χ3n) is 2.80. The summed E-state index contributed by atoms with van der Waals surface area (Å²) in [6.07, 6.45) is 0. The highest BCUT2D eigenvalue weighted by Crippen LogP contribution is 2.32. The lowest BCUT2D eigenvalue weighted by molar-refractivity contribution is 0.473. The topological polar surface area (TPSA) is 90.2 Å². The highest BCUT2D eigenvalue weighted by Gasteiger charge is 2.17. The molecule has 108 valence electrons. The number of halogens is 1. The normalized spacial score (nSPS) is 10.9. The van der Waals surface area contributed by atoms with Crippen LogP contribution in [0.5, 0.6) is 5.75 Å². The molecule has 0 saturated carbocycles. The minimum atomic E-state index is -3.87. The molecule has 0 radical (unpaired) electrons. The average molecular weight is 323 g/mol. The maximum Gasteiger partial charge on any atom is 0.262 e. The van der Waals surface area contributed by atoms with Crippen molar-refractivity contribution < 1.29 is 13.5 Å². The van der Waals surface area contributed by atoms with Crippen LogP contribution in [0.1, 0.15) is 11.1 Å². The van der Waals surface area contributed by atoms with Gasteiger partial charge in [-0.2, -0.15) is 5.26 Å². The van der Waals surface area contributed by atoms with E-state index in [9.17, 15) is 13.5 Å². The number of sulfonamides is 1. The van der Waals surface area contributed by atoms with Crippen LogP contribution in [0.3, 0.4) is 0 Å². The number of phenolic OH excluding ortho intramolecular Hbond substituents is 1. The third kappa shape index (κ3) is 3.27. The Labute approximate surface area is 127 Å². The lowest BCUT2D eigenvalue weighted by atomic mass is 10.2. The minimum Gasteiger partial charge on any atom is -0.505 e. The average Bonchev–Trinajstić information content (AvgIpc) is 2.44. The molecule has 2 rings (SSSR count). The van der Waals surface area contributed by atoms with Crippen molar-refractivity contribution in [3.8, 4) is 11.8 Å². The van der Waals surface area contributed by atoms with E-state index in [4.69, 9.17) is 16.9 Å². The van der Waals surface area contributed by atoms with Gasteiger partial charge in [0.1, 0.15) is 5.75 Å². The molecule has 2 aromatic carbocycles. The highest BCUT2D eigenvalue weighted by molar-refractivity contribution is 7.92. The molecule has 0 amide bonds. The van der Waals surface area contributed by atoms with Crippen LogP contribution < -0.4 is 4.72 Å². The van der Waals surface area contributed by atoms with Crippen molar-refractivity contribution in [2.45, 2.75) is 11.8 Å². The summed E-state index contributed by atoms with van der Waals surface area (Å²) in [6, 6.07) is 10.2. The van der Waals surface area contributed by atoms with Gasteiger partial charge < -0.3 is 5.11 Å². The van der Waals surface area contributed by atoms with Crippen molar-refractivity contribution in [3.63, 3.8) is 0 Å². The molecule has 7 heteroatoms. The zero-order valence-corrected chi connectivity index (χ0v) is 12.5. The Morgan fingerprint density at radius 3 is 2.43 bits per heavy atom. The minimum absolute atomic E-state index is 0.00404. The van der Waals surface area contributed by atoms with E-state index in [0.717, 1.165) is 0 Å². The van der Waals surface area contributed by atoms with Crippen LogP contribution in [0.15, 0.2) is 41.3 Å². The molecule has 0 saturated heterocycles. The van der Waals surface area contributed by atoms with E-state index in [0.29, 0.717) is 16.1 Å². The van der Waals surface area contributed by atoms with Gasteiger partial charge in [-0.25, -0.2) is 8.42 Å². The first-order chi connectivity index (χ1) is 9.83. The van der Waals surface area contributed by atoms with E-state index >= 15 is 0 Å². The van der Waals surface area contributed by atoms with Crippen LogP contribution in [0.4, 0.5) is 5.69 Å². The maximum absolute atomic E-state index is 12.2. The zero-order chi connectivity index (χ0) is 15.6. The van der Waals surface area contributed by atoms with Gasteiger partial charge in [-0.05, 0) is 48.9 Å². The first kappa shape index (κ1) is 15.2. The first-order valence-electron chi connectivity index (χ1n) is 5.85. The Hall–Kier alpha value is -2.23. The van der Waals surface area contributed by atoms with Gasteiger partial charge in [0, 0.05) is 5.02 Å². The first-order valence-corrected chi connectivity index (χ1v) is 7.71. The highest BCUT2D eigenvalue weighted by atomic mass is 35.5. The number of nitrogens with one attached hydrogen (secondary N) is 1. The number of phenols is 1. The molecule has 0 aliphatic carbocycles. The molecular formula is C14H11ClN2O3S. The maximum atomic E-state index is 12.2. The fraction of sp³-hybridized carbons (Fsp3) is 0.0714. The molecule has 21 heavy (non-hydrogen) atoms. The van der Waals surface area contributed by atoms with Gasteiger partial charge in [0.2, 0.25) is 0 Å². The second kappa shape index (κ2) is 5.64. The van der Waals surface area contributed by atoms with Gasteiger partial charge in [0.05, 0.1) is 22.2 Å². The Morgan fingerprint density at radius 1 is 1.24 bits per heavy atom. The number of nitrogens with zero attached hydrogens (tertiary/aromatic N) is 1. The van der Waals surface area contributed by atoms with E-state index in [1.54, 1.807) is 6.92 Å². The van der Waals surface area contributed by atoms with Crippen molar-refractivity contribution in [1.82, 2.24) is 0 Å². The molecule has 0 heterocycles. The van der Waals surface area contributed by atoms with E-state index in [1.165, 1.54) is 36.4 Å². The molecule has 0 aromatic heterocycles. The number of hydrogen-bond donors (Lipinski definition) is 2. The third-order valence-corrected chi connectivity index (χ3v) is 4.40. The van der Waals surface area contributed by atoms with E-state index in [2.05, 4.69) is 4.72 Å². The summed E-state index contributed by atoms with van der Waals surface area (Å²) in [5, 5.41) is 18.9. The molecule has 0 aliphatic rings. The Balaban J connectivity index is 2.40. The van der Waals surface area contributed by atoms with Gasteiger partial charge in [-0.3, -0.25) is 4.72 Å². The second-order valence-electron chi connectivity index (χ2n) is 4.36. The molecule has 0 spiro atoms. The smallest absolute Gasteiger partial charge is 0.262 e. The molecule has 2 aromatic rings. The van der Waals surface area contributed by atoms with Gasteiger partial charge in [0.15, 0.2) is 0 Å². The predicted octanol–water partition coefficient (Wildman–Crippen LogP) is 3.03. The fourth-order valence-corrected chi connectivity index (χ4v) is 3.06. The molecule has 0 aliphatic heterocycles. The summed E-state index contributed by atoms with van der Waals surface area (Å²) in [4.78, 5) is -0.0153. The van der Waals surface area contributed by atoms with Crippen molar-refractivity contribution in [2.24, 2.45) is 0 Å². The fourth-order valence-electron chi connectivity index (χ4n) is 1.73. The van der Waals surface area contributed by atoms with Gasteiger partial charge in [-0.15, -0.1) is 0 Å². The summed E-state index contributed by atoms with van der Waals surface area (Å²) in [6.45, 7) is 1.61. The number of aromatic hydroxyl groups is 1. The van der Waals surface area contributed by atoms with Crippen molar-refractivity contribution in [1.29, 1.82) is 5.26 Å². The van der Waals surface area contributed by atoms with E-state index < -0.39 is 10.0 Å². The lowest BCUT2D eigenvalue weighted by Crippen LogP contribution is -2.13. The summed E-state index contributed by atoms with van der Waals surface area (Å²) in [5.74, 6) is -0.184. The van der Waals surface area contributed by atoms with Crippen LogP contribution in [-0.4, -0.2) is 13.5 Å². The van der Waals surface area contributed by atoms with Gasteiger partial charge >= 0.3 is 0 Å².